The quantitative estimate of drug-likeness (QED) is 0.245. The molecule has 0 aliphatic heterocycles. The summed E-state index contributed by atoms with van der Waals surface area (Å²) in [6.07, 6.45) is 13.9. The minimum absolute atomic E-state index is 0.292. The molecule has 0 aliphatic carbocycles. The number of hydrogen-bond donors (Lipinski definition) is 0. The van der Waals surface area contributed by atoms with E-state index in [-0.39, 0.29) is 0 Å². The highest BCUT2D eigenvalue weighted by Crippen LogP contribution is 2.12. The molecule has 0 amide bonds. The number of ether oxygens (including phenoxy) is 1. The highest BCUT2D eigenvalue weighted by molar-refractivity contribution is 5.70. The predicted octanol–water partition coefficient (Wildman–Crippen LogP) is 5.67. The maximum Gasteiger partial charge on any atom is 0.313 e. The van der Waals surface area contributed by atoms with Gasteiger partial charge in [-0.2, -0.15) is 4.39 Å². The molecule has 0 aliphatic rings. The van der Waals surface area contributed by atoms with E-state index in [0.717, 1.165) is 19.3 Å². The molecule has 0 aromatic carbocycles. The van der Waals surface area contributed by atoms with Gasteiger partial charge in [-0.05, 0) is 13.0 Å². The third-order valence-corrected chi connectivity index (χ3v) is 3.21. The van der Waals surface area contributed by atoms with Crippen LogP contribution in [0.15, 0.2) is 12.6 Å². The zero-order chi connectivity index (χ0) is 14.3. The van der Waals surface area contributed by atoms with Gasteiger partial charge in [0, 0.05) is 6.42 Å². The first-order chi connectivity index (χ1) is 9.16. The lowest BCUT2D eigenvalue weighted by Gasteiger charge is -2.02. The Kier molecular flexibility index (Phi) is 13.0. The second-order valence-electron chi connectivity index (χ2n) is 5.11. The third kappa shape index (κ3) is 15.1. The number of halogens is 1. The molecule has 0 saturated heterocycles. The molecule has 0 N–H and O–H groups in total. The standard InChI is InChI=1S/C16H29FO2/c1-3-4-5-6-7-8-9-10-11-12-13-14-16(18)19-15(2)17/h2-14H2,1H3. The fourth-order valence-electron chi connectivity index (χ4n) is 2.11. The van der Waals surface area contributed by atoms with Crippen LogP contribution in [0.25, 0.3) is 0 Å². The summed E-state index contributed by atoms with van der Waals surface area (Å²) in [4.78, 5) is 11.0. The normalized spacial score (nSPS) is 10.4. The lowest BCUT2D eigenvalue weighted by atomic mass is 10.1. The van der Waals surface area contributed by atoms with Crippen molar-refractivity contribution < 1.29 is 13.9 Å². The van der Waals surface area contributed by atoms with Crippen LogP contribution in [-0.4, -0.2) is 5.97 Å². The zero-order valence-electron chi connectivity index (χ0n) is 12.4. The minimum Gasteiger partial charge on any atom is -0.399 e. The van der Waals surface area contributed by atoms with Crippen LogP contribution in [0.3, 0.4) is 0 Å². The van der Waals surface area contributed by atoms with Gasteiger partial charge < -0.3 is 4.74 Å². The van der Waals surface area contributed by atoms with Gasteiger partial charge in [0.15, 0.2) is 0 Å². The Morgan fingerprint density at radius 1 is 0.895 bits per heavy atom. The molecule has 0 spiro atoms. The highest BCUT2D eigenvalue weighted by atomic mass is 19.1. The van der Waals surface area contributed by atoms with Gasteiger partial charge in [0.25, 0.3) is 6.01 Å². The van der Waals surface area contributed by atoms with Gasteiger partial charge in [0.05, 0.1) is 0 Å². The zero-order valence-corrected chi connectivity index (χ0v) is 12.4. The van der Waals surface area contributed by atoms with E-state index in [9.17, 15) is 9.18 Å². The number of rotatable bonds is 13. The Hall–Kier alpha value is -0.860. The van der Waals surface area contributed by atoms with Crippen LogP contribution in [-0.2, 0) is 9.53 Å². The molecule has 0 fully saturated rings. The summed E-state index contributed by atoms with van der Waals surface area (Å²) in [7, 11) is 0. The summed E-state index contributed by atoms with van der Waals surface area (Å²) in [6.45, 7) is 5.13. The molecule has 0 atom stereocenters. The van der Waals surface area contributed by atoms with Crippen molar-refractivity contribution in [3.8, 4) is 0 Å². The van der Waals surface area contributed by atoms with Crippen LogP contribution >= 0.6 is 0 Å². The number of unbranched alkanes of at least 4 members (excludes halogenated alkanes) is 10. The van der Waals surface area contributed by atoms with Gasteiger partial charge in [-0.1, -0.05) is 71.1 Å². The molecule has 19 heavy (non-hydrogen) atoms. The van der Waals surface area contributed by atoms with E-state index in [2.05, 4.69) is 18.2 Å². The van der Waals surface area contributed by atoms with E-state index in [1.165, 1.54) is 51.4 Å². The Morgan fingerprint density at radius 2 is 1.32 bits per heavy atom. The molecule has 0 bridgehead atoms. The van der Waals surface area contributed by atoms with Crippen LogP contribution in [0.5, 0.6) is 0 Å². The van der Waals surface area contributed by atoms with Crippen molar-refractivity contribution in [1.29, 1.82) is 0 Å². The van der Waals surface area contributed by atoms with Crippen molar-refractivity contribution >= 4 is 5.97 Å². The highest BCUT2D eigenvalue weighted by Gasteiger charge is 2.04. The molecule has 0 radical (unpaired) electrons. The summed E-state index contributed by atoms with van der Waals surface area (Å²) in [5, 5.41) is 0. The topological polar surface area (TPSA) is 26.3 Å². The van der Waals surface area contributed by atoms with E-state index in [1.54, 1.807) is 0 Å². The summed E-state index contributed by atoms with van der Waals surface area (Å²) in [6, 6.07) is -1.01. The molecule has 0 saturated carbocycles. The number of esters is 1. The lowest BCUT2D eigenvalue weighted by molar-refractivity contribution is -0.141. The van der Waals surface area contributed by atoms with E-state index >= 15 is 0 Å². The van der Waals surface area contributed by atoms with Crippen molar-refractivity contribution in [2.45, 2.75) is 84.0 Å². The fraction of sp³-hybridized carbons (Fsp3) is 0.812. The van der Waals surface area contributed by atoms with Crippen molar-refractivity contribution in [3.05, 3.63) is 12.6 Å². The maximum absolute atomic E-state index is 12.1. The Bertz CT molecular complexity index is 239. The summed E-state index contributed by atoms with van der Waals surface area (Å²) < 4.78 is 16.4. The van der Waals surface area contributed by atoms with Gasteiger partial charge >= 0.3 is 5.97 Å². The molecule has 0 unspecified atom stereocenters. The second-order valence-corrected chi connectivity index (χ2v) is 5.11. The van der Waals surface area contributed by atoms with Crippen molar-refractivity contribution in [2.75, 3.05) is 0 Å². The van der Waals surface area contributed by atoms with Gasteiger partial charge in [0.1, 0.15) is 0 Å². The van der Waals surface area contributed by atoms with E-state index < -0.39 is 12.0 Å². The van der Waals surface area contributed by atoms with Crippen molar-refractivity contribution in [2.24, 2.45) is 0 Å². The number of carbonyl (C=O) groups is 1. The fourth-order valence-corrected chi connectivity index (χ4v) is 2.11. The summed E-state index contributed by atoms with van der Waals surface area (Å²) in [5.41, 5.74) is 0. The molecule has 0 heterocycles. The lowest BCUT2D eigenvalue weighted by Crippen LogP contribution is -2.01. The Morgan fingerprint density at radius 3 is 1.74 bits per heavy atom. The molecule has 112 valence electrons. The second kappa shape index (κ2) is 13.6. The van der Waals surface area contributed by atoms with Crippen LogP contribution < -0.4 is 0 Å². The first kappa shape index (κ1) is 18.1. The Balaban J connectivity index is 3.10. The first-order valence-corrected chi connectivity index (χ1v) is 7.72. The molecule has 0 aromatic rings. The maximum atomic E-state index is 12.1. The summed E-state index contributed by atoms with van der Waals surface area (Å²) in [5.74, 6) is -0.511. The monoisotopic (exact) mass is 272 g/mol. The van der Waals surface area contributed by atoms with Crippen molar-refractivity contribution in [3.63, 3.8) is 0 Å². The minimum atomic E-state index is -1.01. The van der Waals surface area contributed by atoms with E-state index in [0.29, 0.717) is 6.42 Å². The van der Waals surface area contributed by atoms with E-state index in [1.807, 2.05) is 0 Å². The largest absolute Gasteiger partial charge is 0.399 e. The SMILES string of the molecule is C=C(F)OC(=O)CCCCCCCCCCCCC. The average Bonchev–Trinajstić information content (AvgIpc) is 2.35. The molecule has 3 heteroatoms. The van der Waals surface area contributed by atoms with Gasteiger partial charge in [-0.3, -0.25) is 4.79 Å². The number of carbonyl (C=O) groups excluding carboxylic acids is 1. The average molecular weight is 272 g/mol. The van der Waals surface area contributed by atoms with Crippen LogP contribution in [0.1, 0.15) is 84.0 Å². The van der Waals surface area contributed by atoms with Crippen molar-refractivity contribution in [1.82, 2.24) is 0 Å². The van der Waals surface area contributed by atoms with Crippen LogP contribution in [0.4, 0.5) is 4.39 Å². The smallest absolute Gasteiger partial charge is 0.313 e. The number of hydrogen-bond acceptors (Lipinski definition) is 2. The van der Waals surface area contributed by atoms with Crippen LogP contribution in [0, 0.1) is 0 Å². The first-order valence-electron chi connectivity index (χ1n) is 7.72. The van der Waals surface area contributed by atoms with Gasteiger partial charge in [-0.25, -0.2) is 0 Å². The molecule has 2 nitrogen and oxygen atoms in total. The molecular formula is C16H29FO2. The van der Waals surface area contributed by atoms with Crippen LogP contribution in [0.2, 0.25) is 0 Å². The third-order valence-electron chi connectivity index (χ3n) is 3.21. The van der Waals surface area contributed by atoms with Gasteiger partial charge in [-0.15, -0.1) is 0 Å². The molecule has 0 rings (SSSR count). The predicted molar refractivity (Wildman–Crippen MR) is 77.4 cm³/mol. The Labute approximate surface area is 117 Å². The van der Waals surface area contributed by atoms with Gasteiger partial charge in [0.2, 0.25) is 0 Å². The van der Waals surface area contributed by atoms with E-state index in [4.69, 9.17) is 0 Å². The summed E-state index contributed by atoms with van der Waals surface area (Å²) >= 11 is 0. The molecular weight excluding hydrogens is 243 g/mol. The molecule has 0 aromatic heterocycles.